The van der Waals surface area contributed by atoms with Crippen molar-refractivity contribution in [2.45, 2.75) is 0 Å². The van der Waals surface area contributed by atoms with Crippen molar-refractivity contribution >= 4 is 22.3 Å². The molecule has 0 aliphatic rings. The number of benzene rings is 2. The van der Waals surface area contributed by atoms with Crippen molar-refractivity contribution in [3.63, 3.8) is 0 Å². The Hall–Kier alpha value is -3.13. The molecule has 0 saturated carbocycles. The highest BCUT2D eigenvalue weighted by Crippen LogP contribution is 2.30. The van der Waals surface area contributed by atoms with E-state index in [0.717, 1.165) is 5.69 Å². The van der Waals surface area contributed by atoms with Crippen molar-refractivity contribution in [2.75, 3.05) is 12.4 Å². The molecule has 0 amide bonds. The lowest BCUT2D eigenvalue weighted by atomic mass is 10.1. The zero-order valence-corrected chi connectivity index (χ0v) is 11.8. The lowest BCUT2D eigenvalue weighted by molar-refractivity contribution is 0.415. The van der Waals surface area contributed by atoms with E-state index in [0.29, 0.717) is 27.9 Å². The van der Waals surface area contributed by atoms with Gasteiger partial charge in [0.2, 0.25) is 0 Å². The number of halogens is 1. The number of rotatable bonds is 3. The van der Waals surface area contributed by atoms with Crippen LogP contribution in [0.1, 0.15) is 5.56 Å². The molecule has 4 nitrogen and oxygen atoms in total. The predicted octanol–water partition coefficient (Wildman–Crippen LogP) is 4.00. The van der Waals surface area contributed by atoms with Crippen molar-refractivity contribution in [3.8, 4) is 11.8 Å². The van der Waals surface area contributed by atoms with Crippen molar-refractivity contribution in [1.29, 1.82) is 5.26 Å². The summed E-state index contributed by atoms with van der Waals surface area (Å²) >= 11 is 0. The molecule has 3 aromatic rings. The normalized spacial score (nSPS) is 10.2. The molecule has 0 spiro atoms. The van der Waals surface area contributed by atoms with E-state index in [9.17, 15) is 9.65 Å². The van der Waals surface area contributed by atoms with Crippen molar-refractivity contribution in [1.82, 2.24) is 4.98 Å². The topological polar surface area (TPSA) is 57.9 Å². The molecule has 108 valence electrons. The number of anilines is 2. The van der Waals surface area contributed by atoms with Gasteiger partial charge in [0.05, 0.1) is 23.9 Å². The van der Waals surface area contributed by atoms with Crippen LogP contribution in [-0.2, 0) is 0 Å². The minimum absolute atomic E-state index is 0.348. The summed E-state index contributed by atoms with van der Waals surface area (Å²) < 4.78 is 18.7. The largest absolute Gasteiger partial charge is 0.497 e. The summed E-state index contributed by atoms with van der Waals surface area (Å²) in [6, 6.07) is 13.7. The first-order valence-corrected chi connectivity index (χ1v) is 6.60. The second-order valence-corrected chi connectivity index (χ2v) is 4.68. The van der Waals surface area contributed by atoms with Crippen molar-refractivity contribution < 1.29 is 9.13 Å². The van der Waals surface area contributed by atoms with Crippen LogP contribution in [0.4, 0.5) is 15.8 Å². The van der Waals surface area contributed by atoms with Gasteiger partial charge in [-0.3, -0.25) is 4.98 Å². The molecule has 0 atom stereocenters. The zero-order chi connectivity index (χ0) is 15.5. The second-order valence-electron chi connectivity index (χ2n) is 4.68. The molecule has 1 aromatic heterocycles. The lowest BCUT2D eigenvalue weighted by Gasteiger charge is -2.12. The molecule has 0 aliphatic carbocycles. The summed E-state index contributed by atoms with van der Waals surface area (Å²) in [6.45, 7) is 0. The number of nitriles is 1. The first kappa shape index (κ1) is 13.8. The van der Waals surface area contributed by atoms with Gasteiger partial charge in [0.1, 0.15) is 17.6 Å². The summed E-state index contributed by atoms with van der Waals surface area (Å²) in [5.41, 5.74) is 2.24. The van der Waals surface area contributed by atoms with E-state index in [2.05, 4.69) is 16.4 Å². The van der Waals surface area contributed by atoms with Gasteiger partial charge in [-0.05, 0) is 30.3 Å². The van der Waals surface area contributed by atoms with Gasteiger partial charge in [0.15, 0.2) is 0 Å². The van der Waals surface area contributed by atoms with E-state index < -0.39 is 0 Å². The Labute approximate surface area is 126 Å². The monoisotopic (exact) mass is 293 g/mol. The Morgan fingerprint density at radius 2 is 2.09 bits per heavy atom. The standard InChI is InChI=1S/C17H12FN3O/c1-22-14-4-2-3-13(8-14)21-17-11(9-19)10-20-16-6-5-12(18)7-15(16)17/h2-8,10H,1H3,(H,20,21). The van der Waals surface area contributed by atoms with Gasteiger partial charge in [-0.1, -0.05) is 6.07 Å². The molecule has 3 rings (SSSR count). The highest BCUT2D eigenvalue weighted by atomic mass is 19.1. The summed E-state index contributed by atoms with van der Waals surface area (Å²) in [5.74, 6) is 0.311. The van der Waals surface area contributed by atoms with E-state index >= 15 is 0 Å². The molecule has 2 aromatic carbocycles. The van der Waals surface area contributed by atoms with Crippen LogP contribution in [0.15, 0.2) is 48.7 Å². The Morgan fingerprint density at radius 3 is 2.86 bits per heavy atom. The number of pyridine rings is 1. The number of methoxy groups -OCH3 is 1. The maximum Gasteiger partial charge on any atom is 0.124 e. The van der Waals surface area contributed by atoms with Gasteiger partial charge in [-0.15, -0.1) is 0 Å². The number of nitrogens with zero attached hydrogens (tertiary/aromatic N) is 2. The number of hydrogen-bond acceptors (Lipinski definition) is 4. The van der Waals surface area contributed by atoms with Gasteiger partial charge < -0.3 is 10.1 Å². The van der Waals surface area contributed by atoms with Crippen LogP contribution in [-0.4, -0.2) is 12.1 Å². The Morgan fingerprint density at radius 1 is 1.23 bits per heavy atom. The quantitative estimate of drug-likeness (QED) is 0.793. The van der Waals surface area contributed by atoms with E-state index in [-0.39, 0.29) is 5.82 Å². The third kappa shape index (κ3) is 2.54. The predicted molar refractivity (Wildman–Crippen MR) is 82.7 cm³/mol. The zero-order valence-electron chi connectivity index (χ0n) is 11.8. The average molecular weight is 293 g/mol. The van der Waals surface area contributed by atoms with E-state index in [1.165, 1.54) is 18.3 Å². The van der Waals surface area contributed by atoms with Gasteiger partial charge in [-0.25, -0.2) is 4.39 Å². The number of aromatic nitrogens is 1. The lowest BCUT2D eigenvalue weighted by Crippen LogP contribution is -1.97. The molecule has 0 unspecified atom stereocenters. The third-order valence-corrected chi connectivity index (χ3v) is 3.29. The maximum absolute atomic E-state index is 13.6. The van der Waals surface area contributed by atoms with Crippen LogP contribution < -0.4 is 10.1 Å². The molecule has 0 radical (unpaired) electrons. The Kier molecular flexibility index (Phi) is 3.58. The highest BCUT2D eigenvalue weighted by Gasteiger charge is 2.10. The number of nitrogens with one attached hydrogen (secondary N) is 1. The first-order valence-electron chi connectivity index (χ1n) is 6.60. The van der Waals surface area contributed by atoms with E-state index in [1.807, 2.05) is 18.2 Å². The van der Waals surface area contributed by atoms with E-state index in [1.54, 1.807) is 19.2 Å². The van der Waals surface area contributed by atoms with Gasteiger partial charge >= 0.3 is 0 Å². The Balaban J connectivity index is 2.15. The molecule has 0 aliphatic heterocycles. The number of fused-ring (bicyclic) bond motifs is 1. The fourth-order valence-electron chi connectivity index (χ4n) is 2.23. The van der Waals surface area contributed by atoms with Crippen LogP contribution in [0.3, 0.4) is 0 Å². The van der Waals surface area contributed by atoms with Crippen LogP contribution in [0.2, 0.25) is 0 Å². The molecule has 1 N–H and O–H groups in total. The fourth-order valence-corrected chi connectivity index (χ4v) is 2.23. The fraction of sp³-hybridized carbons (Fsp3) is 0.0588. The van der Waals surface area contributed by atoms with Crippen LogP contribution in [0, 0.1) is 17.1 Å². The molecular weight excluding hydrogens is 281 g/mol. The summed E-state index contributed by atoms with van der Waals surface area (Å²) in [6.07, 6.45) is 1.47. The minimum atomic E-state index is -0.377. The Bertz CT molecular complexity index is 887. The molecular formula is C17H12FN3O. The molecule has 5 heteroatoms. The van der Waals surface area contributed by atoms with Gasteiger partial charge in [0.25, 0.3) is 0 Å². The van der Waals surface area contributed by atoms with Crippen LogP contribution >= 0.6 is 0 Å². The number of ether oxygens (including phenoxy) is 1. The smallest absolute Gasteiger partial charge is 0.124 e. The van der Waals surface area contributed by atoms with Crippen LogP contribution in [0.25, 0.3) is 10.9 Å². The van der Waals surface area contributed by atoms with Crippen molar-refractivity contribution in [3.05, 3.63) is 60.0 Å². The van der Waals surface area contributed by atoms with Gasteiger partial charge in [-0.2, -0.15) is 5.26 Å². The summed E-state index contributed by atoms with van der Waals surface area (Å²) in [7, 11) is 1.58. The first-order chi connectivity index (χ1) is 10.7. The second kappa shape index (κ2) is 5.70. The SMILES string of the molecule is COc1cccc(Nc2c(C#N)cnc3ccc(F)cc23)c1. The van der Waals surface area contributed by atoms with E-state index in [4.69, 9.17) is 4.74 Å². The molecule has 1 heterocycles. The summed E-state index contributed by atoms with van der Waals surface area (Å²) in [5, 5.41) is 13.0. The van der Waals surface area contributed by atoms with Crippen molar-refractivity contribution in [2.24, 2.45) is 0 Å². The number of hydrogen-bond donors (Lipinski definition) is 1. The molecule has 22 heavy (non-hydrogen) atoms. The van der Waals surface area contributed by atoms with Crippen LogP contribution in [0.5, 0.6) is 5.75 Å². The summed E-state index contributed by atoms with van der Waals surface area (Å²) in [4.78, 5) is 4.18. The third-order valence-electron chi connectivity index (χ3n) is 3.29. The minimum Gasteiger partial charge on any atom is -0.497 e. The average Bonchev–Trinajstić information content (AvgIpc) is 2.55. The van der Waals surface area contributed by atoms with Gasteiger partial charge in [0, 0.05) is 23.3 Å². The molecule has 0 fully saturated rings. The maximum atomic E-state index is 13.6. The highest BCUT2D eigenvalue weighted by molar-refractivity contribution is 5.95. The molecule has 0 bridgehead atoms. The molecule has 0 saturated heterocycles.